The molecule has 8 heteroatoms. The Hall–Kier alpha value is -1.67. The van der Waals surface area contributed by atoms with E-state index in [-0.39, 0.29) is 6.01 Å². The number of anilines is 2. The maximum absolute atomic E-state index is 9.17. The molecule has 8 nitrogen and oxygen atoms in total. The van der Waals surface area contributed by atoms with Crippen molar-refractivity contribution in [1.82, 2.24) is 15.0 Å². The number of aliphatic hydroxyl groups is 2. The summed E-state index contributed by atoms with van der Waals surface area (Å²) in [5.41, 5.74) is 0. The monoisotopic (exact) mass is 257 g/mol. The maximum Gasteiger partial charge on any atom is 0.322 e. The normalized spacial score (nSPS) is 13.8. The number of methoxy groups -OCH3 is 1. The van der Waals surface area contributed by atoms with Crippen molar-refractivity contribution in [3.8, 4) is 6.01 Å². The van der Waals surface area contributed by atoms with Gasteiger partial charge in [0.1, 0.15) is 0 Å². The van der Waals surface area contributed by atoms with Gasteiger partial charge in [0, 0.05) is 13.1 Å². The Balaban J connectivity index is 2.74. The predicted molar refractivity (Wildman–Crippen MR) is 66.7 cm³/mol. The summed E-state index contributed by atoms with van der Waals surface area (Å²) < 4.78 is 4.94. The van der Waals surface area contributed by atoms with Crippen LogP contribution < -0.4 is 15.4 Å². The third-order valence-electron chi connectivity index (χ3n) is 1.91. The first kappa shape index (κ1) is 14.4. The SMILES string of the molecule is COc1nc(NCC(C)O)nc(NCC(C)O)n1. The van der Waals surface area contributed by atoms with Crippen molar-refractivity contribution in [3.63, 3.8) is 0 Å². The van der Waals surface area contributed by atoms with Crippen molar-refractivity contribution < 1.29 is 14.9 Å². The number of nitrogens with zero attached hydrogens (tertiary/aromatic N) is 3. The van der Waals surface area contributed by atoms with Crippen LogP contribution in [0.2, 0.25) is 0 Å². The predicted octanol–water partition coefficient (Wildman–Crippen LogP) is -0.534. The zero-order chi connectivity index (χ0) is 13.5. The minimum atomic E-state index is -0.512. The number of hydrogen-bond donors (Lipinski definition) is 4. The van der Waals surface area contributed by atoms with Crippen LogP contribution >= 0.6 is 0 Å². The van der Waals surface area contributed by atoms with Crippen molar-refractivity contribution in [1.29, 1.82) is 0 Å². The van der Waals surface area contributed by atoms with Gasteiger partial charge in [0.15, 0.2) is 0 Å². The van der Waals surface area contributed by atoms with E-state index in [0.29, 0.717) is 25.0 Å². The standard InChI is InChI=1S/C10H19N5O3/c1-6(16)4-11-8-13-9(12-5-7(2)17)15-10(14-8)18-3/h6-7,16-17H,4-5H2,1-3H3,(H2,11,12,13,14,15). The van der Waals surface area contributed by atoms with Gasteiger partial charge in [0.2, 0.25) is 11.9 Å². The van der Waals surface area contributed by atoms with E-state index >= 15 is 0 Å². The van der Waals surface area contributed by atoms with Crippen LogP contribution in [0, 0.1) is 0 Å². The third kappa shape index (κ3) is 5.11. The second kappa shape index (κ2) is 6.92. The molecule has 1 aromatic rings. The molecule has 0 aliphatic carbocycles. The zero-order valence-electron chi connectivity index (χ0n) is 10.7. The molecule has 0 aliphatic heterocycles. The number of aliphatic hydroxyl groups excluding tert-OH is 2. The Bertz CT molecular complexity index is 342. The molecule has 0 amide bonds. The number of rotatable bonds is 7. The van der Waals surface area contributed by atoms with Gasteiger partial charge in [-0.3, -0.25) is 0 Å². The average Bonchev–Trinajstić information content (AvgIpc) is 2.33. The Morgan fingerprint density at radius 3 is 1.78 bits per heavy atom. The first-order valence-corrected chi connectivity index (χ1v) is 5.65. The smallest absolute Gasteiger partial charge is 0.322 e. The van der Waals surface area contributed by atoms with E-state index in [9.17, 15) is 10.2 Å². The molecule has 1 rings (SSSR count). The lowest BCUT2D eigenvalue weighted by atomic mass is 10.4. The molecule has 102 valence electrons. The zero-order valence-corrected chi connectivity index (χ0v) is 10.7. The van der Waals surface area contributed by atoms with Gasteiger partial charge in [-0.05, 0) is 13.8 Å². The molecule has 0 saturated heterocycles. The van der Waals surface area contributed by atoms with Crippen LogP contribution in [-0.2, 0) is 0 Å². The fourth-order valence-electron chi connectivity index (χ4n) is 1.08. The molecule has 1 aromatic heterocycles. The summed E-state index contributed by atoms with van der Waals surface area (Å²) >= 11 is 0. The highest BCUT2D eigenvalue weighted by Crippen LogP contribution is 2.10. The number of nitrogens with one attached hydrogen (secondary N) is 2. The Morgan fingerprint density at radius 2 is 1.44 bits per heavy atom. The summed E-state index contributed by atoms with van der Waals surface area (Å²) in [7, 11) is 1.45. The lowest BCUT2D eigenvalue weighted by Gasteiger charge is -2.11. The van der Waals surface area contributed by atoms with Crippen LogP contribution in [0.1, 0.15) is 13.8 Å². The highest BCUT2D eigenvalue weighted by Gasteiger charge is 2.07. The molecule has 0 bridgehead atoms. The van der Waals surface area contributed by atoms with E-state index in [1.54, 1.807) is 13.8 Å². The molecule has 2 unspecified atom stereocenters. The van der Waals surface area contributed by atoms with E-state index in [1.165, 1.54) is 7.11 Å². The van der Waals surface area contributed by atoms with Crippen LogP contribution in [0.4, 0.5) is 11.9 Å². The van der Waals surface area contributed by atoms with Gasteiger partial charge >= 0.3 is 6.01 Å². The molecule has 1 heterocycles. The summed E-state index contributed by atoms with van der Waals surface area (Å²) in [6.45, 7) is 3.95. The fourth-order valence-corrected chi connectivity index (χ4v) is 1.08. The molecule has 18 heavy (non-hydrogen) atoms. The molecule has 0 aromatic carbocycles. The largest absolute Gasteiger partial charge is 0.467 e. The summed E-state index contributed by atoms with van der Waals surface area (Å²) in [4.78, 5) is 12.0. The van der Waals surface area contributed by atoms with Gasteiger partial charge < -0.3 is 25.6 Å². The van der Waals surface area contributed by atoms with Gasteiger partial charge in [-0.15, -0.1) is 0 Å². The number of hydrogen-bond acceptors (Lipinski definition) is 8. The maximum atomic E-state index is 9.17. The minimum Gasteiger partial charge on any atom is -0.467 e. The topological polar surface area (TPSA) is 112 Å². The summed E-state index contributed by atoms with van der Waals surface area (Å²) in [5.74, 6) is 0.603. The van der Waals surface area contributed by atoms with E-state index in [1.807, 2.05) is 0 Å². The molecular formula is C10H19N5O3. The number of aromatic nitrogens is 3. The van der Waals surface area contributed by atoms with Crippen LogP contribution in [0.3, 0.4) is 0 Å². The van der Waals surface area contributed by atoms with Crippen LogP contribution in [0.5, 0.6) is 6.01 Å². The van der Waals surface area contributed by atoms with Gasteiger partial charge in [-0.25, -0.2) is 0 Å². The Morgan fingerprint density at radius 1 is 1.00 bits per heavy atom. The van der Waals surface area contributed by atoms with E-state index < -0.39 is 12.2 Å². The second-order valence-electron chi connectivity index (χ2n) is 3.93. The lowest BCUT2D eigenvalue weighted by Crippen LogP contribution is -2.20. The molecule has 2 atom stereocenters. The van der Waals surface area contributed by atoms with Crippen LogP contribution in [0.15, 0.2) is 0 Å². The fraction of sp³-hybridized carbons (Fsp3) is 0.700. The van der Waals surface area contributed by atoms with Crippen molar-refractivity contribution >= 4 is 11.9 Å². The molecular weight excluding hydrogens is 238 g/mol. The van der Waals surface area contributed by atoms with Crippen molar-refractivity contribution in [2.45, 2.75) is 26.1 Å². The highest BCUT2D eigenvalue weighted by molar-refractivity contribution is 5.35. The molecule has 4 N–H and O–H groups in total. The van der Waals surface area contributed by atoms with Crippen LogP contribution in [0.25, 0.3) is 0 Å². The first-order chi connectivity index (χ1) is 8.51. The van der Waals surface area contributed by atoms with Gasteiger partial charge in [-0.1, -0.05) is 0 Å². The lowest BCUT2D eigenvalue weighted by molar-refractivity contribution is 0.208. The first-order valence-electron chi connectivity index (χ1n) is 5.65. The van der Waals surface area contributed by atoms with E-state index in [0.717, 1.165) is 0 Å². The summed E-state index contributed by atoms with van der Waals surface area (Å²) in [6, 6.07) is 0.159. The molecule has 0 fully saturated rings. The number of ether oxygens (including phenoxy) is 1. The summed E-state index contributed by atoms with van der Waals surface area (Å²) in [6.07, 6.45) is -1.02. The molecule has 0 spiro atoms. The van der Waals surface area contributed by atoms with Gasteiger partial charge in [-0.2, -0.15) is 15.0 Å². The quantitative estimate of drug-likeness (QED) is 0.515. The second-order valence-corrected chi connectivity index (χ2v) is 3.93. The van der Waals surface area contributed by atoms with E-state index in [4.69, 9.17) is 4.74 Å². The van der Waals surface area contributed by atoms with Gasteiger partial charge in [0.25, 0.3) is 0 Å². The van der Waals surface area contributed by atoms with E-state index in [2.05, 4.69) is 25.6 Å². The minimum absolute atomic E-state index is 0.159. The van der Waals surface area contributed by atoms with Crippen LogP contribution in [-0.4, -0.2) is 57.6 Å². The van der Waals surface area contributed by atoms with Gasteiger partial charge in [0.05, 0.1) is 19.3 Å². The van der Waals surface area contributed by atoms with Crippen molar-refractivity contribution in [3.05, 3.63) is 0 Å². The molecule has 0 aliphatic rings. The third-order valence-corrected chi connectivity index (χ3v) is 1.91. The highest BCUT2D eigenvalue weighted by atomic mass is 16.5. The van der Waals surface area contributed by atoms with Crippen molar-refractivity contribution in [2.24, 2.45) is 0 Å². The molecule has 0 saturated carbocycles. The summed E-state index contributed by atoms with van der Waals surface area (Å²) in [5, 5.41) is 24.0. The Kier molecular flexibility index (Phi) is 5.53. The Labute approximate surface area is 105 Å². The average molecular weight is 257 g/mol. The van der Waals surface area contributed by atoms with Crippen molar-refractivity contribution in [2.75, 3.05) is 30.8 Å². The molecule has 0 radical (unpaired) electrons.